The third-order valence-corrected chi connectivity index (χ3v) is 5.45. The molecule has 164 valence electrons. The summed E-state index contributed by atoms with van der Waals surface area (Å²) in [6, 6.07) is 13.0. The van der Waals surface area contributed by atoms with Gasteiger partial charge in [0.15, 0.2) is 0 Å². The van der Waals surface area contributed by atoms with Gasteiger partial charge in [0.25, 0.3) is 0 Å². The molecule has 0 bridgehead atoms. The van der Waals surface area contributed by atoms with E-state index in [4.69, 9.17) is 4.74 Å². The number of carbonyl (C=O) groups is 3. The number of hydrogen-bond donors (Lipinski definition) is 3. The average molecular weight is 426 g/mol. The molecule has 8 nitrogen and oxygen atoms in total. The number of phenolic OH excluding ortho intramolecular Hbond substituents is 1. The third kappa shape index (κ3) is 5.75. The summed E-state index contributed by atoms with van der Waals surface area (Å²) in [6.07, 6.45) is 0.813. The van der Waals surface area contributed by atoms with Gasteiger partial charge >= 0.3 is 12.1 Å². The number of aliphatic carboxylic acids is 1. The summed E-state index contributed by atoms with van der Waals surface area (Å²) in [6.45, 7) is -0.183. The Hall–Kier alpha value is -3.55. The highest BCUT2D eigenvalue weighted by Crippen LogP contribution is 2.32. The van der Waals surface area contributed by atoms with Gasteiger partial charge in [0.2, 0.25) is 5.91 Å². The first-order valence-electron chi connectivity index (χ1n) is 10.1. The van der Waals surface area contributed by atoms with Crippen molar-refractivity contribution in [1.29, 1.82) is 0 Å². The number of phenols is 1. The van der Waals surface area contributed by atoms with Crippen LogP contribution in [-0.4, -0.2) is 52.7 Å². The number of alkyl carbamates (subject to hydrolysis) is 1. The van der Waals surface area contributed by atoms with Gasteiger partial charge in [0.05, 0.1) is 6.54 Å². The quantitative estimate of drug-likeness (QED) is 0.626. The number of aryl methyl sites for hydroxylation is 1. The predicted octanol–water partition coefficient (Wildman–Crippen LogP) is 2.34. The Bertz CT molecular complexity index is 946. The summed E-state index contributed by atoms with van der Waals surface area (Å²) < 4.78 is 5.07. The molecule has 0 heterocycles. The van der Waals surface area contributed by atoms with Gasteiger partial charge in [0, 0.05) is 13.0 Å². The Morgan fingerprint density at radius 2 is 1.90 bits per heavy atom. The fraction of sp³-hybridized carbons (Fsp3) is 0.348. The minimum Gasteiger partial charge on any atom is -0.508 e. The molecule has 0 spiro atoms. The molecule has 1 aliphatic carbocycles. The number of nitrogens with one attached hydrogen (secondary N) is 1. The summed E-state index contributed by atoms with van der Waals surface area (Å²) in [5.74, 6) is -1.67. The first-order chi connectivity index (χ1) is 14.8. The predicted molar refractivity (Wildman–Crippen MR) is 112 cm³/mol. The van der Waals surface area contributed by atoms with Gasteiger partial charge < -0.3 is 25.2 Å². The SMILES string of the molecule is CN(C[C@H](NC(=O)OCc1ccccc1)C(=O)O)C(=O)[C@@H]1CCc2cccc(O)c2C1. The van der Waals surface area contributed by atoms with Gasteiger partial charge in [-0.15, -0.1) is 0 Å². The number of fused-ring (bicyclic) bond motifs is 1. The second-order valence-corrected chi connectivity index (χ2v) is 7.67. The van der Waals surface area contributed by atoms with Gasteiger partial charge in [-0.1, -0.05) is 42.5 Å². The number of likely N-dealkylation sites (N-methyl/N-ethyl adjacent to an activating group) is 1. The normalized spacial score (nSPS) is 16.0. The van der Waals surface area contributed by atoms with Gasteiger partial charge in [-0.3, -0.25) is 4.79 Å². The molecule has 3 N–H and O–H groups in total. The minimum absolute atomic E-state index is 0.0127. The molecule has 2 aromatic carbocycles. The number of hydrogen-bond acceptors (Lipinski definition) is 5. The summed E-state index contributed by atoms with van der Waals surface area (Å²) in [7, 11) is 1.51. The molecule has 1 aliphatic rings. The number of carboxylic acids is 1. The molecule has 8 heteroatoms. The molecule has 0 unspecified atom stereocenters. The van der Waals surface area contributed by atoms with Crippen molar-refractivity contribution in [3.63, 3.8) is 0 Å². The molecule has 3 rings (SSSR count). The smallest absolute Gasteiger partial charge is 0.408 e. The number of carbonyl (C=O) groups excluding carboxylic acids is 2. The Morgan fingerprint density at radius 1 is 1.16 bits per heavy atom. The minimum atomic E-state index is -1.30. The van der Waals surface area contributed by atoms with E-state index in [-0.39, 0.29) is 30.7 Å². The van der Waals surface area contributed by atoms with Crippen molar-refractivity contribution in [2.24, 2.45) is 5.92 Å². The first-order valence-corrected chi connectivity index (χ1v) is 10.1. The van der Waals surface area contributed by atoms with E-state index in [1.807, 2.05) is 12.1 Å². The van der Waals surface area contributed by atoms with Gasteiger partial charge in [-0.05, 0) is 42.0 Å². The zero-order chi connectivity index (χ0) is 22.4. The van der Waals surface area contributed by atoms with Crippen LogP contribution in [0.25, 0.3) is 0 Å². The van der Waals surface area contributed by atoms with Gasteiger partial charge in [0.1, 0.15) is 18.4 Å². The number of carboxylic acid groups (broad SMARTS) is 1. The number of nitrogens with zero attached hydrogens (tertiary/aromatic N) is 1. The van der Waals surface area contributed by atoms with Gasteiger partial charge in [-0.25, -0.2) is 9.59 Å². The van der Waals surface area contributed by atoms with E-state index in [0.29, 0.717) is 19.3 Å². The van der Waals surface area contributed by atoms with Crippen LogP contribution in [-0.2, 0) is 33.8 Å². The van der Waals surface area contributed by atoms with Gasteiger partial charge in [-0.2, -0.15) is 0 Å². The molecule has 31 heavy (non-hydrogen) atoms. The van der Waals surface area contributed by atoms with Crippen LogP contribution < -0.4 is 5.32 Å². The zero-order valence-electron chi connectivity index (χ0n) is 17.3. The Balaban J connectivity index is 1.55. The molecule has 0 saturated heterocycles. The fourth-order valence-corrected chi connectivity index (χ4v) is 3.75. The molecule has 0 saturated carbocycles. The molecule has 2 aromatic rings. The Kier molecular flexibility index (Phi) is 7.12. The number of ether oxygens (including phenoxy) is 1. The summed E-state index contributed by atoms with van der Waals surface area (Å²) >= 11 is 0. The monoisotopic (exact) mass is 426 g/mol. The molecule has 0 aliphatic heterocycles. The van der Waals surface area contributed by atoms with Crippen molar-refractivity contribution in [3.8, 4) is 5.75 Å². The molecule has 0 fully saturated rings. The van der Waals surface area contributed by atoms with Crippen LogP contribution in [0.3, 0.4) is 0 Å². The fourth-order valence-electron chi connectivity index (χ4n) is 3.75. The highest BCUT2D eigenvalue weighted by atomic mass is 16.5. The summed E-state index contributed by atoms with van der Waals surface area (Å²) in [4.78, 5) is 37.8. The van der Waals surface area contributed by atoms with Crippen LogP contribution >= 0.6 is 0 Å². The second kappa shape index (κ2) is 9.97. The van der Waals surface area contributed by atoms with Crippen molar-refractivity contribution in [2.75, 3.05) is 13.6 Å². The lowest BCUT2D eigenvalue weighted by Crippen LogP contribution is -2.50. The summed E-state index contributed by atoms with van der Waals surface area (Å²) in [5.41, 5.74) is 2.56. The molecule has 0 aromatic heterocycles. The maximum Gasteiger partial charge on any atom is 0.408 e. The van der Waals surface area contributed by atoms with Crippen LogP contribution in [0.1, 0.15) is 23.1 Å². The maximum absolute atomic E-state index is 12.9. The van der Waals surface area contributed by atoms with Crippen LogP contribution in [0.15, 0.2) is 48.5 Å². The van der Waals surface area contributed by atoms with Crippen LogP contribution in [0.5, 0.6) is 5.75 Å². The van der Waals surface area contributed by atoms with E-state index < -0.39 is 18.1 Å². The van der Waals surface area contributed by atoms with E-state index in [0.717, 1.165) is 16.7 Å². The average Bonchev–Trinajstić information content (AvgIpc) is 2.77. The lowest BCUT2D eigenvalue weighted by Gasteiger charge is -2.29. The number of amides is 2. The number of benzene rings is 2. The Morgan fingerprint density at radius 3 is 2.61 bits per heavy atom. The van der Waals surface area contributed by atoms with Crippen molar-refractivity contribution < 1.29 is 29.3 Å². The molecular weight excluding hydrogens is 400 g/mol. The van der Waals surface area contributed by atoms with E-state index in [1.165, 1.54) is 11.9 Å². The third-order valence-electron chi connectivity index (χ3n) is 5.45. The van der Waals surface area contributed by atoms with Crippen molar-refractivity contribution in [2.45, 2.75) is 31.9 Å². The molecule has 2 amide bonds. The van der Waals surface area contributed by atoms with Crippen molar-refractivity contribution in [3.05, 3.63) is 65.2 Å². The summed E-state index contributed by atoms with van der Waals surface area (Å²) in [5, 5.41) is 21.9. The molecule has 0 radical (unpaired) electrons. The van der Waals surface area contributed by atoms with Crippen LogP contribution in [0.2, 0.25) is 0 Å². The number of rotatable bonds is 7. The number of aromatic hydroxyl groups is 1. The highest BCUT2D eigenvalue weighted by molar-refractivity contribution is 5.83. The lowest BCUT2D eigenvalue weighted by molar-refractivity contribution is -0.141. The van der Waals surface area contributed by atoms with E-state index in [2.05, 4.69) is 5.32 Å². The van der Waals surface area contributed by atoms with E-state index in [1.54, 1.807) is 36.4 Å². The van der Waals surface area contributed by atoms with Crippen molar-refractivity contribution in [1.82, 2.24) is 10.2 Å². The van der Waals surface area contributed by atoms with Crippen LogP contribution in [0.4, 0.5) is 4.79 Å². The van der Waals surface area contributed by atoms with E-state index in [9.17, 15) is 24.6 Å². The van der Waals surface area contributed by atoms with Crippen LogP contribution in [0, 0.1) is 5.92 Å². The standard InChI is InChI=1S/C23H26N2O6/c1-25(21(27)17-11-10-16-8-5-9-20(26)18(16)12-17)13-19(22(28)29)24-23(30)31-14-15-6-3-2-4-7-15/h2-9,17,19,26H,10-14H2,1H3,(H,24,30)(H,28,29)/t17-,19+/m1/s1. The topological polar surface area (TPSA) is 116 Å². The highest BCUT2D eigenvalue weighted by Gasteiger charge is 2.31. The first kappa shape index (κ1) is 22.1. The molecule has 2 atom stereocenters. The molecular formula is C23H26N2O6. The second-order valence-electron chi connectivity index (χ2n) is 7.67. The van der Waals surface area contributed by atoms with Crippen molar-refractivity contribution >= 4 is 18.0 Å². The maximum atomic E-state index is 12.9. The lowest BCUT2D eigenvalue weighted by atomic mass is 9.82. The zero-order valence-corrected chi connectivity index (χ0v) is 17.3. The van der Waals surface area contributed by atoms with E-state index >= 15 is 0 Å². The largest absolute Gasteiger partial charge is 0.508 e. The Labute approximate surface area is 180 Å².